The molecule has 1 heterocycles. The number of ether oxygens (including phenoxy) is 1. The highest BCUT2D eigenvalue weighted by Crippen LogP contribution is 2.28. The van der Waals surface area contributed by atoms with Crippen molar-refractivity contribution in [2.24, 2.45) is 4.99 Å². The first kappa shape index (κ1) is 13.0. The number of anilines is 1. The summed E-state index contributed by atoms with van der Waals surface area (Å²) in [4.78, 5) is 4.65. The van der Waals surface area contributed by atoms with Crippen molar-refractivity contribution >= 4 is 23.0 Å². The average molecular weight is 287 g/mol. The standard InChI is InChI=1S/C16H15ClN2O/c1-20-15-8-11(3-5-14(15)18)16-13-9-12(17)4-2-10(13)6-7-19-16/h2-5,8-9H,6-7,18H2,1H3. The van der Waals surface area contributed by atoms with E-state index in [0.717, 1.165) is 34.8 Å². The highest BCUT2D eigenvalue weighted by atomic mass is 35.5. The molecule has 0 amide bonds. The molecule has 20 heavy (non-hydrogen) atoms. The van der Waals surface area contributed by atoms with Crippen molar-refractivity contribution in [3.05, 3.63) is 58.1 Å². The zero-order chi connectivity index (χ0) is 14.1. The second kappa shape index (κ2) is 5.17. The summed E-state index contributed by atoms with van der Waals surface area (Å²) in [5.74, 6) is 0.666. The number of nitrogens with two attached hydrogens (primary N) is 1. The van der Waals surface area contributed by atoms with Crippen LogP contribution in [0.15, 0.2) is 41.4 Å². The molecular weight excluding hydrogens is 272 g/mol. The quantitative estimate of drug-likeness (QED) is 0.861. The van der Waals surface area contributed by atoms with Crippen LogP contribution in [0.4, 0.5) is 5.69 Å². The molecule has 2 N–H and O–H groups in total. The third kappa shape index (κ3) is 2.25. The fraction of sp³-hybridized carbons (Fsp3) is 0.188. The van der Waals surface area contributed by atoms with Crippen molar-refractivity contribution in [2.45, 2.75) is 6.42 Å². The second-order valence-electron chi connectivity index (χ2n) is 4.74. The van der Waals surface area contributed by atoms with Crippen LogP contribution < -0.4 is 10.5 Å². The molecule has 0 spiro atoms. The topological polar surface area (TPSA) is 47.6 Å². The van der Waals surface area contributed by atoms with E-state index in [2.05, 4.69) is 11.1 Å². The highest BCUT2D eigenvalue weighted by molar-refractivity contribution is 6.31. The van der Waals surface area contributed by atoms with E-state index in [9.17, 15) is 0 Å². The number of benzene rings is 2. The summed E-state index contributed by atoms with van der Waals surface area (Å²) in [7, 11) is 1.61. The monoisotopic (exact) mass is 286 g/mol. The number of halogens is 1. The van der Waals surface area contributed by atoms with E-state index in [1.54, 1.807) is 7.11 Å². The lowest BCUT2D eigenvalue weighted by atomic mass is 9.93. The number of nitrogens with zero attached hydrogens (tertiary/aromatic N) is 1. The van der Waals surface area contributed by atoms with Gasteiger partial charge in [-0.25, -0.2) is 0 Å². The Hall–Kier alpha value is -2.00. The summed E-state index contributed by atoms with van der Waals surface area (Å²) < 4.78 is 5.28. The van der Waals surface area contributed by atoms with Gasteiger partial charge in [0.05, 0.1) is 18.5 Å². The van der Waals surface area contributed by atoms with Gasteiger partial charge in [0.25, 0.3) is 0 Å². The van der Waals surface area contributed by atoms with Gasteiger partial charge < -0.3 is 10.5 Å². The molecule has 0 saturated heterocycles. The van der Waals surface area contributed by atoms with E-state index in [-0.39, 0.29) is 0 Å². The number of fused-ring (bicyclic) bond motifs is 1. The number of nitrogen functional groups attached to an aromatic ring is 1. The molecule has 0 unspecified atom stereocenters. The predicted octanol–water partition coefficient (Wildman–Crippen LogP) is 3.32. The van der Waals surface area contributed by atoms with Crippen LogP contribution in [0, 0.1) is 0 Å². The van der Waals surface area contributed by atoms with Crippen LogP contribution in [0.3, 0.4) is 0 Å². The normalized spacial score (nSPS) is 13.6. The van der Waals surface area contributed by atoms with Crippen LogP contribution in [-0.4, -0.2) is 19.4 Å². The molecule has 0 atom stereocenters. The smallest absolute Gasteiger partial charge is 0.142 e. The zero-order valence-corrected chi connectivity index (χ0v) is 11.9. The predicted molar refractivity (Wildman–Crippen MR) is 83.1 cm³/mol. The van der Waals surface area contributed by atoms with Crippen molar-refractivity contribution in [3.63, 3.8) is 0 Å². The van der Waals surface area contributed by atoms with Gasteiger partial charge >= 0.3 is 0 Å². The first-order valence-electron chi connectivity index (χ1n) is 6.46. The first-order chi connectivity index (χ1) is 9.69. The molecular formula is C16H15ClN2O. The van der Waals surface area contributed by atoms with Gasteiger partial charge in [0.15, 0.2) is 0 Å². The molecule has 2 aromatic rings. The Labute approximate surface area is 123 Å². The third-order valence-corrected chi connectivity index (χ3v) is 3.72. The van der Waals surface area contributed by atoms with Gasteiger partial charge in [-0.15, -0.1) is 0 Å². The third-order valence-electron chi connectivity index (χ3n) is 3.49. The summed E-state index contributed by atoms with van der Waals surface area (Å²) in [5, 5.41) is 0.723. The minimum atomic E-state index is 0.624. The molecule has 102 valence electrons. The van der Waals surface area contributed by atoms with E-state index in [4.69, 9.17) is 22.1 Å². The Bertz CT molecular complexity index is 695. The largest absolute Gasteiger partial charge is 0.495 e. The molecule has 1 aliphatic rings. The summed E-state index contributed by atoms with van der Waals surface area (Å²) in [6.45, 7) is 0.788. The van der Waals surface area contributed by atoms with Crippen molar-refractivity contribution < 1.29 is 4.74 Å². The maximum atomic E-state index is 6.11. The highest BCUT2D eigenvalue weighted by Gasteiger charge is 2.17. The Morgan fingerprint density at radius 1 is 1.20 bits per heavy atom. The van der Waals surface area contributed by atoms with Gasteiger partial charge in [-0.2, -0.15) is 0 Å². The van der Waals surface area contributed by atoms with E-state index >= 15 is 0 Å². The van der Waals surface area contributed by atoms with Crippen molar-refractivity contribution in [2.75, 3.05) is 19.4 Å². The average Bonchev–Trinajstić information content (AvgIpc) is 2.47. The summed E-state index contributed by atoms with van der Waals surface area (Å²) in [6, 6.07) is 11.7. The molecule has 2 aromatic carbocycles. The molecule has 0 aliphatic carbocycles. The Morgan fingerprint density at radius 3 is 2.85 bits per heavy atom. The van der Waals surface area contributed by atoms with Crippen molar-refractivity contribution in [3.8, 4) is 5.75 Å². The minimum absolute atomic E-state index is 0.624. The molecule has 1 aliphatic heterocycles. The Morgan fingerprint density at radius 2 is 2.05 bits per heavy atom. The molecule has 0 bridgehead atoms. The van der Waals surface area contributed by atoms with Gasteiger partial charge in [-0.3, -0.25) is 4.99 Å². The number of hydrogen-bond donors (Lipinski definition) is 1. The van der Waals surface area contributed by atoms with E-state index in [0.29, 0.717) is 11.4 Å². The lowest BCUT2D eigenvalue weighted by molar-refractivity contribution is 0.417. The molecule has 3 nitrogen and oxygen atoms in total. The second-order valence-corrected chi connectivity index (χ2v) is 5.17. The number of rotatable bonds is 2. The molecule has 0 saturated carbocycles. The van der Waals surface area contributed by atoms with Crippen LogP contribution in [0.5, 0.6) is 5.75 Å². The van der Waals surface area contributed by atoms with Gasteiger partial charge in [0, 0.05) is 22.7 Å². The van der Waals surface area contributed by atoms with Gasteiger partial charge in [-0.05, 0) is 36.2 Å². The maximum Gasteiger partial charge on any atom is 0.142 e. The summed E-state index contributed by atoms with van der Waals surface area (Å²) in [5.41, 5.74) is 10.8. The van der Waals surface area contributed by atoms with Gasteiger partial charge in [0.1, 0.15) is 5.75 Å². The number of methoxy groups -OCH3 is 1. The van der Waals surface area contributed by atoms with Crippen LogP contribution in [0.2, 0.25) is 5.02 Å². The van der Waals surface area contributed by atoms with Gasteiger partial charge in [-0.1, -0.05) is 23.7 Å². The number of aliphatic imine (C=N–C) groups is 1. The molecule has 0 fully saturated rings. The van der Waals surface area contributed by atoms with E-state index in [1.807, 2.05) is 30.3 Å². The minimum Gasteiger partial charge on any atom is -0.495 e. The molecule has 0 radical (unpaired) electrons. The Balaban J connectivity index is 2.11. The number of hydrogen-bond acceptors (Lipinski definition) is 3. The fourth-order valence-electron chi connectivity index (χ4n) is 2.47. The van der Waals surface area contributed by atoms with Crippen LogP contribution in [0.1, 0.15) is 16.7 Å². The SMILES string of the molecule is COc1cc(C2=NCCc3ccc(Cl)cc32)ccc1N. The summed E-state index contributed by atoms with van der Waals surface area (Å²) in [6.07, 6.45) is 0.947. The molecule has 4 heteroatoms. The van der Waals surface area contributed by atoms with E-state index in [1.165, 1.54) is 5.56 Å². The summed E-state index contributed by atoms with van der Waals surface area (Å²) >= 11 is 6.11. The van der Waals surface area contributed by atoms with Crippen LogP contribution in [0.25, 0.3) is 0 Å². The lowest BCUT2D eigenvalue weighted by Crippen LogP contribution is -2.14. The van der Waals surface area contributed by atoms with E-state index < -0.39 is 0 Å². The Kier molecular flexibility index (Phi) is 3.36. The zero-order valence-electron chi connectivity index (χ0n) is 11.2. The van der Waals surface area contributed by atoms with Gasteiger partial charge in [0.2, 0.25) is 0 Å². The van der Waals surface area contributed by atoms with Crippen molar-refractivity contribution in [1.29, 1.82) is 0 Å². The first-order valence-corrected chi connectivity index (χ1v) is 6.84. The van der Waals surface area contributed by atoms with Crippen LogP contribution >= 0.6 is 11.6 Å². The fourth-order valence-corrected chi connectivity index (χ4v) is 2.64. The van der Waals surface area contributed by atoms with Crippen molar-refractivity contribution in [1.82, 2.24) is 0 Å². The molecule has 0 aromatic heterocycles. The maximum absolute atomic E-state index is 6.11. The lowest BCUT2D eigenvalue weighted by Gasteiger charge is -2.18. The molecule has 3 rings (SSSR count). The van der Waals surface area contributed by atoms with Crippen LogP contribution in [-0.2, 0) is 6.42 Å².